The summed E-state index contributed by atoms with van der Waals surface area (Å²) in [5.74, 6) is 2.43. The van der Waals surface area contributed by atoms with E-state index in [-0.39, 0.29) is 5.92 Å². The Morgan fingerprint density at radius 1 is 1.08 bits per heavy atom. The predicted molar refractivity (Wildman–Crippen MR) is 102 cm³/mol. The Balaban J connectivity index is 1.48. The number of halogens is 2. The van der Waals surface area contributed by atoms with Crippen LogP contribution in [0.1, 0.15) is 24.7 Å². The average Bonchev–Trinajstić information content (AvgIpc) is 3.13. The highest BCUT2D eigenvalue weighted by Gasteiger charge is 2.26. The Morgan fingerprint density at radius 2 is 1.77 bits per heavy atom. The normalized spacial score (nSPS) is 15.6. The van der Waals surface area contributed by atoms with Gasteiger partial charge < -0.3 is 14.3 Å². The van der Waals surface area contributed by atoms with Gasteiger partial charge in [-0.3, -0.25) is 4.98 Å². The van der Waals surface area contributed by atoms with E-state index < -0.39 is 0 Å². The Labute approximate surface area is 160 Å². The molecule has 0 spiro atoms. The lowest BCUT2D eigenvalue weighted by molar-refractivity contribution is 0.329. The maximum atomic E-state index is 6.10. The molecule has 1 fully saturated rings. The molecule has 1 aromatic carbocycles. The van der Waals surface area contributed by atoms with Crippen molar-refractivity contribution in [2.45, 2.75) is 18.8 Å². The second-order valence-corrected chi connectivity index (χ2v) is 7.39. The van der Waals surface area contributed by atoms with Gasteiger partial charge in [0.15, 0.2) is 0 Å². The van der Waals surface area contributed by atoms with Crippen molar-refractivity contribution in [3.63, 3.8) is 0 Å². The van der Waals surface area contributed by atoms with Gasteiger partial charge in [-0.25, -0.2) is 4.98 Å². The van der Waals surface area contributed by atoms with Gasteiger partial charge >= 0.3 is 0 Å². The number of anilines is 2. The summed E-state index contributed by atoms with van der Waals surface area (Å²) < 4.78 is 5.41. The lowest BCUT2D eigenvalue weighted by atomic mass is 9.97. The number of aromatic nitrogens is 4. The molecule has 0 aliphatic carbocycles. The van der Waals surface area contributed by atoms with Crippen molar-refractivity contribution in [1.29, 1.82) is 0 Å². The van der Waals surface area contributed by atoms with Gasteiger partial charge in [-0.05, 0) is 30.1 Å². The molecule has 0 bridgehead atoms. The molecular formula is C17H18Cl2N6O. The van der Waals surface area contributed by atoms with E-state index in [0.717, 1.165) is 42.8 Å². The standard InChI is InChI=1S/C17H18Cl2N6O/c1-24(2)17-22-16(26-23-17)10-3-5-25(6-4-10)15-9-20-13-7-11(18)12(19)8-14(13)21-15/h7-10H,3-6H2,1-2H3. The number of piperidine rings is 1. The van der Waals surface area contributed by atoms with E-state index in [1.165, 1.54) is 0 Å². The lowest BCUT2D eigenvalue weighted by Crippen LogP contribution is -2.33. The zero-order valence-corrected chi connectivity index (χ0v) is 16.0. The van der Waals surface area contributed by atoms with E-state index in [0.29, 0.717) is 21.9 Å². The van der Waals surface area contributed by atoms with Crippen LogP contribution in [-0.4, -0.2) is 47.3 Å². The van der Waals surface area contributed by atoms with E-state index in [1.807, 2.05) is 19.0 Å². The first-order valence-corrected chi connectivity index (χ1v) is 9.14. The molecule has 0 radical (unpaired) electrons. The topological polar surface area (TPSA) is 71.2 Å². The molecule has 1 saturated heterocycles. The Hall–Kier alpha value is -2.12. The third-order valence-electron chi connectivity index (χ3n) is 4.57. The van der Waals surface area contributed by atoms with Crippen molar-refractivity contribution in [2.24, 2.45) is 0 Å². The van der Waals surface area contributed by atoms with Gasteiger partial charge in [-0.15, -0.1) is 0 Å². The van der Waals surface area contributed by atoms with Gasteiger partial charge in [-0.1, -0.05) is 23.2 Å². The smallest absolute Gasteiger partial charge is 0.265 e. The molecule has 1 aliphatic heterocycles. The van der Waals surface area contributed by atoms with Crippen LogP contribution in [0.25, 0.3) is 11.0 Å². The minimum absolute atomic E-state index is 0.272. The molecule has 7 nitrogen and oxygen atoms in total. The predicted octanol–water partition coefficient (Wildman–Crippen LogP) is 3.77. The summed E-state index contributed by atoms with van der Waals surface area (Å²) in [6.45, 7) is 1.71. The third kappa shape index (κ3) is 3.29. The molecule has 3 heterocycles. The van der Waals surface area contributed by atoms with Crippen LogP contribution >= 0.6 is 23.2 Å². The molecular weight excluding hydrogens is 375 g/mol. The molecule has 1 aliphatic rings. The van der Waals surface area contributed by atoms with Crippen LogP contribution in [0.3, 0.4) is 0 Å². The monoisotopic (exact) mass is 392 g/mol. The number of hydrogen-bond donors (Lipinski definition) is 0. The first-order chi connectivity index (χ1) is 12.5. The molecule has 9 heteroatoms. The first-order valence-electron chi connectivity index (χ1n) is 8.39. The Kier molecular flexibility index (Phi) is 4.58. The van der Waals surface area contributed by atoms with Crippen LogP contribution < -0.4 is 9.80 Å². The first kappa shape index (κ1) is 17.3. The fourth-order valence-electron chi connectivity index (χ4n) is 3.08. The quantitative estimate of drug-likeness (QED) is 0.671. The third-order valence-corrected chi connectivity index (χ3v) is 5.29. The van der Waals surface area contributed by atoms with E-state index in [1.54, 1.807) is 18.3 Å². The molecule has 0 atom stereocenters. The van der Waals surface area contributed by atoms with Crippen LogP contribution in [0.5, 0.6) is 0 Å². The van der Waals surface area contributed by atoms with Crippen LogP contribution in [0.4, 0.5) is 11.8 Å². The van der Waals surface area contributed by atoms with E-state index >= 15 is 0 Å². The van der Waals surface area contributed by atoms with Crippen molar-refractivity contribution in [3.05, 3.63) is 34.3 Å². The minimum Gasteiger partial charge on any atom is -0.355 e. The number of fused-ring (bicyclic) bond motifs is 1. The fourth-order valence-corrected chi connectivity index (χ4v) is 3.40. The van der Waals surface area contributed by atoms with Gasteiger partial charge in [0, 0.05) is 33.1 Å². The summed E-state index contributed by atoms with van der Waals surface area (Å²) in [5.41, 5.74) is 1.48. The van der Waals surface area contributed by atoms with Gasteiger partial charge in [0.05, 0.1) is 27.3 Å². The molecule has 0 N–H and O–H groups in total. The Morgan fingerprint density at radius 3 is 2.42 bits per heavy atom. The van der Waals surface area contributed by atoms with Crippen LogP contribution in [0.2, 0.25) is 10.0 Å². The highest BCUT2D eigenvalue weighted by molar-refractivity contribution is 6.42. The van der Waals surface area contributed by atoms with Crippen molar-refractivity contribution in [2.75, 3.05) is 37.0 Å². The number of hydrogen-bond acceptors (Lipinski definition) is 7. The minimum atomic E-state index is 0.272. The second-order valence-electron chi connectivity index (χ2n) is 6.57. The molecule has 2 aromatic heterocycles. The SMILES string of the molecule is CN(C)c1noc(C2CCN(c3cnc4cc(Cl)c(Cl)cc4n3)CC2)n1. The van der Waals surface area contributed by atoms with E-state index in [2.05, 4.69) is 25.0 Å². The summed E-state index contributed by atoms with van der Waals surface area (Å²) >= 11 is 12.1. The van der Waals surface area contributed by atoms with Crippen molar-refractivity contribution in [3.8, 4) is 0 Å². The van der Waals surface area contributed by atoms with Crippen LogP contribution in [0.15, 0.2) is 22.9 Å². The second kappa shape index (κ2) is 6.89. The van der Waals surface area contributed by atoms with E-state index in [4.69, 9.17) is 27.7 Å². The summed E-state index contributed by atoms with van der Waals surface area (Å²) in [6, 6.07) is 3.49. The van der Waals surface area contributed by atoms with Gasteiger partial charge in [0.25, 0.3) is 5.95 Å². The lowest BCUT2D eigenvalue weighted by Gasteiger charge is -2.31. The number of rotatable bonds is 3. The highest BCUT2D eigenvalue weighted by atomic mass is 35.5. The summed E-state index contributed by atoms with van der Waals surface area (Å²) in [6.07, 6.45) is 3.63. The van der Waals surface area contributed by atoms with Crippen LogP contribution in [0, 0.1) is 0 Å². The molecule has 3 aromatic rings. The molecule has 136 valence electrons. The summed E-state index contributed by atoms with van der Waals surface area (Å²) in [7, 11) is 3.80. The van der Waals surface area contributed by atoms with Crippen LogP contribution in [-0.2, 0) is 0 Å². The fraction of sp³-hybridized carbons (Fsp3) is 0.412. The maximum Gasteiger partial charge on any atom is 0.265 e. The van der Waals surface area contributed by atoms with Crippen molar-refractivity contribution >= 4 is 46.0 Å². The van der Waals surface area contributed by atoms with Crippen molar-refractivity contribution in [1.82, 2.24) is 20.1 Å². The zero-order valence-electron chi connectivity index (χ0n) is 14.5. The molecule has 4 rings (SSSR count). The highest BCUT2D eigenvalue weighted by Crippen LogP contribution is 2.31. The molecule has 0 saturated carbocycles. The van der Waals surface area contributed by atoms with Gasteiger partial charge in [0.1, 0.15) is 5.82 Å². The zero-order chi connectivity index (χ0) is 18.3. The Bertz CT molecular complexity index is 936. The number of nitrogens with zero attached hydrogens (tertiary/aromatic N) is 6. The summed E-state index contributed by atoms with van der Waals surface area (Å²) in [5, 5.41) is 4.97. The maximum absolute atomic E-state index is 6.10. The van der Waals surface area contributed by atoms with Crippen molar-refractivity contribution < 1.29 is 4.52 Å². The summed E-state index contributed by atoms with van der Waals surface area (Å²) in [4.78, 5) is 17.7. The van der Waals surface area contributed by atoms with E-state index in [9.17, 15) is 0 Å². The van der Waals surface area contributed by atoms with Gasteiger partial charge in [0.2, 0.25) is 5.89 Å². The largest absolute Gasteiger partial charge is 0.355 e. The molecule has 26 heavy (non-hydrogen) atoms. The van der Waals surface area contributed by atoms with Gasteiger partial charge in [-0.2, -0.15) is 4.98 Å². The number of benzene rings is 1. The molecule has 0 amide bonds. The molecule has 0 unspecified atom stereocenters. The average molecular weight is 393 g/mol.